The van der Waals surface area contributed by atoms with Crippen LogP contribution in [0.4, 0.5) is 0 Å². The summed E-state index contributed by atoms with van der Waals surface area (Å²) in [5, 5.41) is 3.45. The summed E-state index contributed by atoms with van der Waals surface area (Å²) in [4.78, 5) is 16.1. The lowest BCUT2D eigenvalue weighted by Crippen LogP contribution is -2.34. The van der Waals surface area contributed by atoms with Gasteiger partial charge in [0.1, 0.15) is 5.69 Å². The van der Waals surface area contributed by atoms with E-state index in [-0.39, 0.29) is 11.9 Å². The van der Waals surface area contributed by atoms with Crippen molar-refractivity contribution in [3.63, 3.8) is 0 Å². The predicted octanol–water partition coefficient (Wildman–Crippen LogP) is 3.40. The second kappa shape index (κ2) is 6.53. The average molecular weight is 289 g/mol. The molecule has 1 N–H and O–H groups in total. The van der Waals surface area contributed by atoms with Crippen molar-refractivity contribution < 1.29 is 4.79 Å². The van der Waals surface area contributed by atoms with Gasteiger partial charge < -0.3 is 5.32 Å². The van der Waals surface area contributed by atoms with Gasteiger partial charge in [0.05, 0.1) is 0 Å². The van der Waals surface area contributed by atoms with Crippen LogP contribution in [0.15, 0.2) is 42.6 Å². The van der Waals surface area contributed by atoms with Crippen LogP contribution in [-0.2, 0) is 6.42 Å². The van der Waals surface area contributed by atoms with Gasteiger partial charge in [-0.25, -0.2) is 0 Å². The fourth-order valence-corrected chi connectivity index (χ4v) is 2.21. The molecule has 4 heteroatoms. The Balaban J connectivity index is 2.00. The van der Waals surface area contributed by atoms with E-state index >= 15 is 0 Å². The van der Waals surface area contributed by atoms with Gasteiger partial charge in [-0.15, -0.1) is 0 Å². The molecule has 0 saturated heterocycles. The lowest BCUT2D eigenvalue weighted by atomic mass is 10.0. The molecule has 2 aromatic rings. The molecule has 1 unspecified atom stereocenters. The number of rotatable bonds is 4. The molecule has 1 atom stereocenters. The number of amides is 1. The Morgan fingerprint density at radius 3 is 2.80 bits per heavy atom. The number of carbonyl (C=O) groups excluding carboxylic acids is 1. The SMILES string of the molecule is Cc1ccccc1CC(C)NC(=O)c1cc(Cl)ccn1. The van der Waals surface area contributed by atoms with E-state index in [2.05, 4.69) is 29.4 Å². The van der Waals surface area contributed by atoms with E-state index in [4.69, 9.17) is 11.6 Å². The van der Waals surface area contributed by atoms with Crippen molar-refractivity contribution in [2.24, 2.45) is 0 Å². The van der Waals surface area contributed by atoms with E-state index in [1.807, 2.05) is 19.1 Å². The van der Waals surface area contributed by atoms with Crippen molar-refractivity contribution in [3.05, 3.63) is 64.4 Å². The molecule has 0 aliphatic carbocycles. The van der Waals surface area contributed by atoms with Gasteiger partial charge in [-0.1, -0.05) is 35.9 Å². The number of hydrogen-bond donors (Lipinski definition) is 1. The van der Waals surface area contributed by atoms with Crippen molar-refractivity contribution in [2.45, 2.75) is 26.3 Å². The lowest BCUT2D eigenvalue weighted by Gasteiger charge is -2.15. The fourth-order valence-electron chi connectivity index (χ4n) is 2.05. The van der Waals surface area contributed by atoms with Gasteiger partial charge in [0.25, 0.3) is 5.91 Å². The van der Waals surface area contributed by atoms with E-state index in [9.17, 15) is 4.79 Å². The van der Waals surface area contributed by atoms with Gasteiger partial charge in [0.2, 0.25) is 0 Å². The molecule has 0 aliphatic heterocycles. The van der Waals surface area contributed by atoms with Gasteiger partial charge in [0, 0.05) is 17.3 Å². The molecule has 0 radical (unpaired) electrons. The van der Waals surface area contributed by atoms with Crippen molar-refractivity contribution >= 4 is 17.5 Å². The third-order valence-electron chi connectivity index (χ3n) is 3.12. The number of nitrogens with one attached hydrogen (secondary N) is 1. The molecule has 2 rings (SSSR count). The summed E-state index contributed by atoms with van der Waals surface area (Å²) in [6, 6.07) is 11.4. The molecule has 0 saturated carbocycles. The standard InChI is InChI=1S/C16H17ClN2O/c1-11-5-3-4-6-13(11)9-12(2)19-16(20)15-10-14(17)7-8-18-15/h3-8,10,12H,9H2,1-2H3,(H,19,20). The number of halogens is 1. The van der Waals surface area contributed by atoms with Crippen LogP contribution >= 0.6 is 11.6 Å². The molecule has 104 valence electrons. The molecule has 0 fully saturated rings. The molecule has 20 heavy (non-hydrogen) atoms. The molecular formula is C16H17ClN2O. The number of aryl methyl sites for hydroxylation is 1. The summed E-state index contributed by atoms with van der Waals surface area (Å²) in [5.74, 6) is -0.200. The monoisotopic (exact) mass is 288 g/mol. The fraction of sp³-hybridized carbons (Fsp3) is 0.250. The Kier molecular flexibility index (Phi) is 4.74. The highest BCUT2D eigenvalue weighted by Gasteiger charge is 2.12. The van der Waals surface area contributed by atoms with Crippen LogP contribution in [-0.4, -0.2) is 16.9 Å². The van der Waals surface area contributed by atoms with E-state index in [1.165, 1.54) is 17.3 Å². The maximum absolute atomic E-state index is 12.1. The summed E-state index contributed by atoms with van der Waals surface area (Å²) in [7, 11) is 0. The van der Waals surface area contributed by atoms with Crippen LogP contribution < -0.4 is 5.32 Å². The lowest BCUT2D eigenvalue weighted by molar-refractivity contribution is 0.0935. The van der Waals surface area contributed by atoms with Crippen LogP contribution in [0, 0.1) is 6.92 Å². The Labute approximate surface area is 124 Å². The maximum atomic E-state index is 12.1. The van der Waals surface area contributed by atoms with Crippen LogP contribution in [0.2, 0.25) is 5.02 Å². The van der Waals surface area contributed by atoms with Gasteiger partial charge in [0.15, 0.2) is 0 Å². The minimum absolute atomic E-state index is 0.0318. The molecule has 1 amide bonds. The third-order valence-corrected chi connectivity index (χ3v) is 3.35. The Bertz CT molecular complexity index is 613. The highest BCUT2D eigenvalue weighted by molar-refractivity contribution is 6.30. The van der Waals surface area contributed by atoms with Gasteiger partial charge in [-0.3, -0.25) is 9.78 Å². The highest BCUT2D eigenvalue weighted by atomic mass is 35.5. The molecular weight excluding hydrogens is 272 g/mol. The van der Waals surface area contributed by atoms with Crippen LogP contribution in [0.3, 0.4) is 0 Å². The van der Waals surface area contributed by atoms with Crippen molar-refractivity contribution in [1.82, 2.24) is 10.3 Å². The summed E-state index contributed by atoms with van der Waals surface area (Å²) in [5.41, 5.74) is 2.81. The number of hydrogen-bond acceptors (Lipinski definition) is 2. The molecule has 0 bridgehead atoms. The zero-order valence-corrected chi connectivity index (χ0v) is 12.3. The van der Waals surface area contributed by atoms with Gasteiger partial charge >= 0.3 is 0 Å². The minimum atomic E-state index is -0.200. The summed E-state index contributed by atoms with van der Waals surface area (Å²) >= 11 is 5.86. The highest BCUT2D eigenvalue weighted by Crippen LogP contribution is 2.11. The number of aromatic nitrogens is 1. The van der Waals surface area contributed by atoms with Gasteiger partial charge in [-0.05, 0) is 43.5 Å². The topological polar surface area (TPSA) is 42.0 Å². The second-order valence-corrected chi connectivity index (χ2v) is 5.30. The van der Waals surface area contributed by atoms with E-state index in [0.717, 1.165) is 6.42 Å². The molecule has 3 nitrogen and oxygen atoms in total. The third kappa shape index (κ3) is 3.81. The van der Waals surface area contributed by atoms with Crippen molar-refractivity contribution in [1.29, 1.82) is 0 Å². The largest absolute Gasteiger partial charge is 0.348 e. The number of nitrogens with zero attached hydrogens (tertiary/aromatic N) is 1. The zero-order valence-electron chi connectivity index (χ0n) is 11.6. The summed E-state index contributed by atoms with van der Waals surface area (Å²) < 4.78 is 0. The molecule has 0 spiro atoms. The van der Waals surface area contributed by atoms with E-state index < -0.39 is 0 Å². The predicted molar refractivity (Wildman–Crippen MR) is 81.1 cm³/mol. The van der Waals surface area contributed by atoms with Crippen LogP contribution in [0.5, 0.6) is 0 Å². The number of carbonyl (C=O) groups is 1. The average Bonchev–Trinajstić information content (AvgIpc) is 2.41. The van der Waals surface area contributed by atoms with Crippen molar-refractivity contribution in [2.75, 3.05) is 0 Å². The quantitative estimate of drug-likeness (QED) is 0.937. The molecule has 1 aromatic heterocycles. The first-order chi connectivity index (χ1) is 9.56. The van der Waals surface area contributed by atoms with Crippen LogP contribution in [0.1, 0.15) is 28.5 Å². The Morgan fingerprint density at radius 2 is 2.10 bits per heavy atom. The van der Waals surface area contributed by atoms with Crippen molar-refractivity contribution in [3.8, 4) is 0 Å². The molecule has 0 aliphatic rings. The summed E-state index contributed by atoms with van der Waals surface area (Å²) in [6.07, 6.45) is 2.32. The number of pyridine rings is 1. The second-order valence-electron chi connectivity index (χ2n) is 4.86. The Morgan fingerprint density at radius 1 is 1.35 bits per heavy atom. The van der Waals surface area contributed by atoms with Gasteiger partial charge in [-0.2, -0.15) is 0 Å². The maximum Gasteiger partial charge on any atom is 0.270 e. The first-order valence-electron chi connectivity index (χ1n) is 6.53. The van der Waals surface area contributed by atoms with E-state index in [0.29, 0.717) is 10.7 Å². The smallest absolute Gasteiger partial charge is 0.270 e. The molecule has 1 aromatic carbocycles. The Hall–Kier alpha value is -1.87. The van der Waals surface area contributed by atoms with Crippen LogP contribution in [0.25, 0.3) is 0 Å². The molecule has 1 heterocycles. The minimum Gasteiger partial charge on any atom is -0.348 e. The summed E-state index contributed by atoms with van der Waals surface area (Å²) in [6.45, 7) is 4.05. The first-order valence-corrected chi connectivity index (χ1v) is 6.91. The normalized spacial score (nSPS) is 11.9. The number of benzene rings is 1. The van der Waals surface area contributed by atoms with E-state index in [1.54, 1.807) is 12.1 Å². The zero-order chi connectivity index (χ0) is 14.5. The first kappa shape index (κ1) is 14.5.